The highest BCUT2D eigenvalue weighted by molar-refractivity contribution is 7.47. The monoisotopic (exact) mass is 1030 g/mol. The van der Waals surface area contributed by atoms with Gasteiger partial charge in [0.05, 0.1) is 13.2 Å². The van der Waals surface area contributed by atoms with Gasteiger partial charge < -0.3 is 39.9 Å². The van der Waals surface area contributed by atoms with Gasteiger partial charge in [0, 0.05) is 13.2 Å². The topological polar surface area (TPSA) is 175 Å². The van der Waals surface area contributed by atoms with Crippen LogP contribution in [-0.4, -0.2) is 99.6 Å². The molecule has 6 N–H and O–H groups in total. The van der Waals surface area contributed by atoms with E-state index in [0.717, 1.165) is 67.1 Å². The molecule has 0 heterocycles. The largest absolute Gasteiger partial charge is 0.472 e. The van der Waals surface area contributed by atoms with Crippen molar-refractivity contribution in [1.82, 2.24) is 0 Å². The van der Waals surface area contributed by atoms with Gasteiger partial charge in [-0.25, -0.2) is 4.57 Å². The van der Waals surface area contributed by atoms with Gasteiger partial charge in [0.1, 0.15) is 42.7 Å². The molecule has 0 spiro atoms. The van der Waals surface area contributed by atoms with E-state index in [9.17, 15) is 35.0 Å². The molecule has 0 saturated heterocycles. The molecule has 0 aliphatic heterocycles. The fourth-order valence-corrected chi connectivity index (χ4v) is 11.5. The molecule has 426 valence electrons. The second-order valence-corrected chi connectivity index (χ2v) is 26.4. The molecular formula is C59H119O11P. The summed E-state index contributed by atoms with van der Waals surface area (Å²) in [5.74, 6) is 7.33. The summed E-state index contributed by atoms with van der Waals surface area (Å²) in [5, 5.41) is 50.8. The van der Waals surface area contributed by atoms with Crippen LogP contribution in [-0.2, 0) is 23.1 Å². The minimum Gasteiger partial charge on any atom is -0.387 e. The molecule has 0 aromatic carbocycles. The first-order valence-electron chi connectivity index (χ1n) is 29.8. The molecule has 1 aliphatic carbocycles. The number of phosphoric ester groups is 1. The summed E-state index contributed by atoms with van der Waals surface area (Å²) < 4.78 is 35.7. The van der Waals surface area contributed by atoms with E-state index in [0.29, 0.717) is 31.0 Å². The average molecular weight is 1040 g/mol. The Balaban J connectivity index is 2.50. The minimum atomic E-state index is -4.93. The molecule has 0 aromatic rings. The molecule has 1 aliphatic rings. The molecular weight excluding hydrogens is 916 g/mol. The summed E-state index contributed by atoms with van der Waals surface area (Å²) in [6.45, 7) is 29.0. The first kappa shape index (κ1) is 68.8. The SMILES string of the molecule is CC(C)CCCC(C)CCCC(C)CCCC(C)CCCC(C)CCOC[C@H](COP(=O)(O)OC1[C@H](O)[C@H](O)C(O)[C@H](O)[C@H]1O)OCCC(C)CCCC(C)CCCC(C)CCCC(C)CCCC(C)C. The van der Waals surface area contributed by atoms with Crippen LogP contribution in [0.25, 0.3) is 0 Å². The van der Waals surface area contributed by atoms with Crippen LogP contribution in [0.15, 0.2) is 0 Å². The van der Waals surface area contributed by atoms with E-state index in [2.05, 4.69) is 83.1 Å². The van der Waals surface area contributed by atoms with Crippen molar-refractivity contribution >= 4 is 7.82 Å². The highest BCUT2D eigenvalue weighted by atomic mass is 31.2. The molecule has 71 heavy (non-hydrogen) atoms. The second-order valence-electron chi connectivity index (χ2n) is 25.0. The van der Waals surface area contributed by atoms with Crippen LogP contribution in [0.2, 0.25) is 0 Å². The van der Waals surface area contributed by atoms with E-state index in [1.807, 2.05) is 0 Å². The number of hydrogen-bond donors (Lipinski definition) is 6. The van der Waals surface area contributed by atoms with Crippen molar-refractivity contribution in [2.45, 2.75) is 293 Å². The molecule has 0 radical (unpaired) electrons. The zero-order valence-corrected chi connectivity index (χ0v) is 49.1. The summed E-state index contributed by atoms with van der Waals surface area (Å²) in [6, 6.07) is 0. The molecule has 0 amide bonds. The second kappa shape index (κ2) is 40.1. The van der Waals surface area contributed by atoms with Gasteiger partial charge in [-0.2, -0.15) is 0 Å². The summed E-state index contributed by atoms with van der Waals surface area (Å²) in [7, 11) is -4.93. The van der Waals surface area contributed by atoms with Crippen molar-refractivity contribution < 1.29 is 53.5 Å². The third-order valence-electron chi connectivity index (χ3n) is 16.1. The van der Waals surface area contributed by atoms with Gasteiger partial charge in [0.15, 0.2) is 0 Å². The molecule has 12 heteroatoms. The lowest BCUT2D eigenvalue weighted by molar-refractivity contribution is -0.220. The van der Waals surface area contributed by atoms with Crippen LogP contribution in [0.4, 0.5) is 0 Å². The van der Waals surface area contributed by atoms with Gasteiger partial charge in [-0.1, -0.05) is 237 Å². The zero-order chi connectivity index (χ0) is 53.4. The standard InChI is InChI=1S/C59H119O11P/c1-43(2)21-13-23-45(5)25-15-27-47(7)29-17-31-49(9)33-19-35-51(11)37-39-67-41-53(42-69-71(65,66)70-59-57(63)55(61)54(60)56(62)58(59)64)68-40-38-52(12)36-20-34-50(10)32-18-30-48(8)28-16-26-46(6)24-14-22-44(3)4/h43-64H,13-42H2,1-12H3,(H,65,66)/t45?,46?,47?,48?,49?,50?,51?,52?,53-,54?,55-,56+,57-,58-,59?/m1/s1. The normalized spacial score (nSPS) is 24.6. The highest BCUT2D eigenvalue weighted by Crippen LogP contribution is 2.47. The van der Waals surface area contributed by atoms with Crippen molar-refractivity contribution in [3.05, 3.63) is 0 Å². The van der Waals surface area contributed by atoms with Gasteiger partial charge in [-0.3, -0.25) is 9.05 Å². The zero-order valence-electron chi connectivity index (χ0n) is 48.2. The van der Waals surface area contributed by atoms with Gasteiger partial charge in [0.25, 0.3) is 0 Å². The summed E-state index contributed by atoms with van der Waals surface area (Å²) >= 11 is 0. The maximum Gasteiger partial charge on any atom is 0.472 e. The Morgan fingerprint density at radius 3 is 0.944 bits per heavy atom. The van der Waals surface area contributed by atoms with Crippen molar-refractivity contribution in [2.24, 2.45) is 59.2 Å². The van der Waals surface area contributed by atoms with Crippen LogP contribution < -0.4 is 0 Å². The van der Waals surface area contributed by atoms with Crippen LogP contribution in [0.3, 0.4) is 0 Å². The summed E-state index contributed by atoms with van der Waals surface area (Å²) in [5.41, 5.74) is 0. The van der Waals surface area contributed by atoms with E-state index in [-0.39, 0.29) is 13.2 Å². The van der Waals surface area contributed by atoms with Crippen molar-refractivity contribution in [2.75, 3.05) is 26.4 Å². The molecule has 1 rings (SSSR count). The first-order valence-corrected chi connectivity index (χ1v) is 31.3. The Kier molecular flexibility index (Phi) is 38.9. The number of rotatable bonds is 46. The predicted molar refractivity (Wildman–Crippen MR) is 294 cm³/mol. The maximum atomic E-state index is 13.1. The number of aliphatic hydroxyl groups is 5. The van der Waals surface area contributed by atoms with Crippen molar-refractivity contribution in [3.8, 4) is 0 Å². The fraction of sp³-hybridized carbons (Fsp3) is 1.00. The number of ether oxygens (including phenoxy) is 2. The third-order valence-corrected chi connectivity index (χ3v) is 17.1. The molecule has 0 aromatic heterocycles. The van der Waals surface area contributed by atoms with Crippen LogP contribution in [0.1, 0.15) is 250 Å². The van der Waals surface area contributed by atoms with Gasteiger partial charge in [-0.05, 0) is 72.0 Å². The molecule has 11 unspecified atom stereocenters. The van der Waals surface area contributed by atoms with E-state index in [1.54, 1.807) is 0 Å². The van der Waals surface area contributed by atoms with Crippen molar-refractivity contribution in [1.29, 1.82) is 0 Å². The van der Waals surface area contributed by atoms with E-state index < -0.39 is 50.6 Å². The number of phosphoric acid groups is 1. The lowest BCUT2D eigenvalue weighted by atomic mass is 9.85. The van der Waals surface area contributed by atoms with Crippen molar-refractivity contribution in [3.63, 3.8) is 0 Å². The lowest BCUT2D eigenvalue weighted by Crippen LogP contribution is -2.64. The van der Waals surface area contributed by atoms with Crippen LogP contribution in [0.5, 0.6) is 0 Å². The maximum absolute atomic E-state index is 13.1. The van der Waals surface area contributed by atoms with Gasteiger partial charge >= 0.3 is 7.82 Å². The Hall–Kier alpha value is -0.170. The predicted octanol–water partition coefficient (Wildman–Crippen LogP) is 14.3. The van der Waals surface area contributed by atoms with Gasteiger partial charge in [-0.15, -0.1) is 0 Å². The molecule has 16 atom stereocenters. The molecule has 11 nitrogen and oxygen atoms in total. The number of hydrogen-bond acceptors (Lipinski definition) is 10. The quantitative estimate of drug-likeness (QED) is 0.0253. The Morgan fingerprint density at radius 2 is 0.634 bits per heavy atom. The Morgan fingerprint density at radius 1 is 0.366 bits per heavy atom. The Bertz CT molecular complexity index is 1270. The molecule has 0 bridgehead atoms. The Labute approximate surface area is 438 Å². The van der Waals surface area contributed by atoms with E-state index in [1.165, 1.54) is 141 Å². The first-order chi connectivity index (χ1) is 33.5. The van der Waals surface area contributed by atoms with Gasteiger partial charge in [0.2, 0.25) is 0 Å². The highest BCUT2D eigenvalue weighted by Gasteiger charge is 2.51. The molecule has 1 saturated carbocycles. The van der Waals surface area contributed by atoms with E-state index in [4.69, 9.17) is 18.5 Å². The summed E-state index contributed by atoms with van der Waals surface area (Å²) in [4.78, 5) is 10.6. The minimum absolute atomic E-state index is 0.139. The average Bonchev–Trinajstić information content (AvgIpc) is 3.29. The number of aliphatic hydroxyl groups excluding tert-OH is 5. The summed E-state index contributed by atoms with van der Waals surface area (Å²) in [6.07, 6.45) is 20.9. The van der Waals surface area contributed by atoms with E-state index >= 15 is 0 Å². The van der Waals surface area contributed by atoms with Crippen LogP contribution in [0, 0.1) is 59.2 Å². The fourth-order valence-electron chi connectivity index (χ4n) is 10.6. The lowest BCUT2D eigenvalue weighted by Gasteiger charge is -2.41. The molecule has 1 fully saturated rings. The third kappa shape index (κ3) is 35.0. The smallest absolute Gasteiger partial charge is 0.387 e. The van der Waals surface area contributed by atoms with Crippen LogP contribution >= 0.6 is 7.82 Å².